The van der Waals surface area contributed by atoms with Gasteiger partial charge in [0.1, 0.15) is 0 Å². The first-order valence-corrected chi connectivity index (χ1v) is 5.41. The van der Waals surface area contributed by atoms with E-state index in [9.17, 15) is 4.79 Å². The highest BCUT2D eigenvalue weighted by molar-refractivity contribution is 14.1. The van der Waals surface area contributed by atoms with Crippen molar-refractivity contribution in [2.45, 2.75) is 17.4 Å². The summed E-state index contributed by atoms with van der Waals surface area (Å²) in [4.78, 5) is 13.3. The van der Waals surface area contributed by atoms with Crippen molar-refractivity contribution in [3.8, 4) is 0 Å². The fourth-order valence-corrected chi connectivity index (χ4v) is 1.33. The zero-order valence-corrected chi connectivity index (χ0v) is 10.1. The molecule has 0 saturated carbocycles. The summed E-state index contributed by atoms with van der Waals surface area (Å²) in [6.45, 7) is 6.61. The maximum absolute atomic E-state index is 11.6. The van der Waals surface area contributed by atoms with E-state index < -0.39 is 0 Å². The van der Waals surface area contributed by atoms with Crippen molar-refractivity contribution in [1.82, 2.24) is 10.2 Å². The van der Waals surface area contributed by atoms with Gasteiger partial charge in [0, 0.05) is 13.1 Å². The number of hydrogen-bond acceptors (Lipinski definition) is 2. The lowest BCUT2D eigenvalue weighted by Crippen LogP contribution is -2.50. The van der Waals surface area contributed by atoms with Gasteiger partial charge in [-0.15, -0.1) is 0 Å². The second-order valence-electron chi connectivity index (χ2n) is 3.50. The summed E-state index contributed by atoms with van der Waals surface area (Å²) < 4.78 is 4.97. The molecule has 0 aliphatic carbocycles. The summed E-state index contributed by atoms with van der Waals surface area (Å²) in [5, 5.41) is 2.91. The van der Waals surface area contributed by atoms with Crippen LogP contribution in [0, 0.1) is 0 Å². The molecule has 13 heavy (non-hydrogen) atoms. The smallest absolute Gasteiger partial charge is 0.318 e. The van der Waals surface area contributed by atoms with E-state index >= 15 is 0 Å². The van der Waals surface area contributed by atoms with Gasteiger partial charge in [-0.2, -0.15) is 0 Å². The highest BCUT2D eigenvalue weighted by Gasteiger charge is 2.21. The average molecular weight is 298 g/mol. The van der Waals surface area contributed by atoms with Crippen molar-refractivity contribution in [2.75, 3.05) is 26.3 Å². The van der Waals surface area contributed by atoms with E-state index in [1.54, 1.807) is 4.90 Å². The minimum atomic E-state index is -0.187. The highest BCUT2D eigenvalue weighted by atomic mass is 127. The molecule has 0 spiro atoms. The van der Waals surface area contributed by atoms with Crippen LogP contribution in [0.25, 0.3) is 0 Å². The maximum Gasteiger partial charge on any atom is 0.318 e. The first kappa shape index (κ1) is 11.0. The van der Waals surface area contributed by atoms with Crippen LogP contribution in [0.3, 0.4) is 0 Å². The molecule has 0 aromatic heterocycles. The SMILES string of the molecule is CC(C)(I)NC(=O)N1CCOCC1. The number of nitrogens with one attached hydrogen (secondary N) is 1. The number of morpholine rings is 1. The third-order valence-electron chi connectivity index (χ3n) is 1.70. The Morgan fingerprint density at radius 3 is 2.46 bits per heavy atom. The fraction of sp³-hybridized carbons (Fsp3) is 0.875. The van der Waals surface area contributed by atoms with Crippen molar-refractivity contribution in [2.24, 2.45) is 0 Å². The van der Waals surface area contributed by atoms with Gasteiger partial charge in [-0.05, 0) is 13.8 Å². The van der Waals surface area contributed by atoms with Crippen LogP contribution in [-0.4, -0.2) is 40.8 Å². The number of carbonyl (C=O) groups excluding carboxylic acids is 1. The number of hydrogen-bond donors (Lipinski definition) is 1. The fourth-order valence-electron chi connectivity index (χ4n) is 1.10. The van der Waals surface area contributed by atoms with Crippen LogP contribution in [0.2, 0.25) is 0 Å². The lowest BCUT2D eigenvalue weighted by atomic mass is 10.4. The van der Waals surface area contributed by atoms with Crippen LogP contribution in [0.1, 0.15) is 13.8 Å². The van der Waals surface area contributed by atoms with Gasteiger partial charge in [-0.1, -0.05) is 22.6 Å². The van der Waals surface area contributed by atoms with Gasteiger partial charge in [0.15, 0.2) is 0 Å². The van der Waals surface area contributed by atoms with Crippen molar-refractivity contribution in [3.05, 3.63) is 0 Å². The first-order valence-electron chi connectivity index (χ1n) is 4.33. The van der Waals surface area contributed by atoms with E-state index in [-0.39, 0.29) is 9.58 Å². The predicted molar refractivity (Wildman–Crippen MR) is 59.0 cm³/mol. The monoisotopic (exact) mass is 298 g/mol. The molecule has 5 heteroatoms. The van der Waals surface area contributed by atoms with E-state index in [1.807, 2.05) is 13.8 Å². The Bertz CT molecular complexity index is 185. The number of alkyl halides is 1. The van der Waals surface area contributed by atoms with Gasteiger partial charge in [-0.25, -0.2) is 4.79 Å². The molecule has 1 N–H and O–H groups in total. The normalized spacial score (nSPS) is 18.5. The number of urea groups is 1. The minimum Gasteiger partial charge on any atom is -0.378 e. The topological polar surface area (TPSA) is 41.6 Å². The Morgan fingerprint density at radius 2 is 2.00 bits per heavy atom. The molecule has 1 rings (SSSR count). The standard InChI is InChI=1S/C8H15IN2O2/c1-8(2,9)10-7(12)11-3-5-13-6-4-11/h3-6H2,1-2H3,(H,10,12). The van der Waals surface area contributed by atoms with Crippen LogP contribution in [0.5, 0.6) is 0 Å². The molecule has 0 bridgehead atoms. The van der Waals surface area contributed by atoms with Gasteiger partial charge in [0.2, 0.25) is 0 Å². The highest BCUT2D eigenvalue weighted by Crippen LogP contribution is 2.12. The Hall–Kier alpha value is -0.0400. The molecule has 2 amide bonds. The number of rotatable bonds is 1. The number of halogens is 1. The third kappa shape index (κ3) is 4.12. The number of carbonyl (C=O) groups is 1. The molecular weight excluding hydrogens is 283 g/mol. The van der Waals surface area contributed by atoms with E-state index in [1.165, 1.54) is 0 Å². The summed E-state index contributed by atoms with van der Waals surface area (Å²) in [7, 11) is 0. The quantitative estimate of drug-likeness (QED) is 0.449. The van der Waals surface area contributed by atoms with Crippen LogP contribution in [0.15, 0.2) is 0 Å². The lowest BCUT2D eigenvalue weighted by molar-refractivity contribution is 0.0526. The van der Waals surface area contributed by atoms with Crippen LogP contribution < -0.4 is 5.32 Å². The molecule has 4 nitrogen and oxygen atoms in total. The Labute approximate surface area is 92.1 Å². The summed E-state index contributed by atoms with van der Waals surface area (Å²) in [6, 6.07) is 0.00250. The molecule has 0 aromatic carbocycles. The third-order valence-corrected chi connectivity index (χ3v) is 1.97. The largest absolute Gasteiger partial charge is 0.378 e. The minimum absolute atomic E-state index is 0.00250. The lowest BCUT2D eigenvalue weighted by Gasteiger charge is -2.30. The molecule has 1 heterocycles. The second kappa shape index (κ2) is 4.45. The molecule has 1 aliphatic heterocycles. The zero-order chi connectivity index (χ0) is 9.90. The average Bonchev–Trinajstić information content (AvgIpc) is 2.03. The Kier molecular flexibility index (Phi) is 3.78. The molecular formula is C8H15IN2O2. The van der Waals surface area contributed by atoms with Crippen LogP contribution in [0.4, 0.5) is 4.79 Å². The molecule has 0 radical (unpaired) electrons. The van der Waals surface area contributed by atoms with Crippen LogP contribution >= 0.6 is 22.6 Å². The van der Waals surface area contributed by atoms with E-state index in [2.05, 4.69) is 27.9 Å². The first-order chi connectivity index (χ1) is 5.99. The van der Waals surface area contributed by atoms with Crippen molar-refractivity contribution in [3.63, 3.8) is 0 Å². The van der Waals surface area contributed by atoms with E-state index in [4.69, 9.17) is 4.74 Å². The van der Waals surface area contributed by atoms with Crippen molar-refractivity contribution < 1.29 is 9.53 Å². The van der Waals surface area contributed by atoms with Gasteiger partial charge in [-0.3, -0.25) is 0 Å². The maximum atomic E-state index is 11.6. The zero-order valence-electron chi connectivity index (χ0n) is 7.97. The summed E-state index contributed by atoms with van der Waals surface area (Å²) in [6.07, 6.45) is 0. The molecule has 1 aliphatic rings. The van der Waals surface area contributed by atoms with Crippen LogP contribution in [-0.2, 0) is 4.74 Å². The molecule has 0 unspecified atom stereocenters. The molecule has 76 valence electrons. The van der Waals surface area contributed by atoms with E-state index in [0.717, 1.165) is 0 Å². The number of nitrogens with zero attached hydrogens (tertiary/aromatic N) is 1. The number of amides is 2. The van der Waals surface area contributed by atoms with Gasteiger partial charge in [0.25, 0.3) is 0 Å². The Balaban J connectivity index is 2.38. The summed E-state index contributed by atoms with van der Waals surface area (Å²) in [5.41, 5.74) is 0. The number of ether oxygens (including phenoxy) is 1. The molecule has 1 fully saturated rings. The van der Waals surface area contributed by atoms with Crippen molar-refractivity contribution >= 4 is 28.6 Å². The predicted octanol–water partition coefficient (Wildman–Crippen LogP) is 1.20. The van der Waals surface area contributed by atoms with Gasteiger partial charge < -0.3 is 15.0 Å². The molecule has 1 saturated heterocycles. The Morgan fingerprint density at radius 1 is 1.46 bits per heavy atom. The van der Waals surface area contributed by atoms with Gasteiger partial charge in [0.05, 0.1) is 16.8 Å². The molecule has 0 aromatic rings. The second-order valence-corrected chi connectivity index (χ2v) is 6.20. The summed E-state index contributed by atoms with van der Waals surface area (Å²) in [5.74, 6) is 0. The molecule has 0 atom stereocenters. The van der Waals surface area contributed by atoms with Gasteiger partial charge >= 0.3 is 6.03 Å². The van der Waals surface area contributed by atoms with E-state index in [0.29, 0.717) is 26.3 Å². The summed E-state index contributed by atoms with van der Waals surface area (Å²) >= 11 is 2.20. The van der Waals surface area contributed by atoms with Crippen molar-refractivity contribution in [1.29, 1.82) is 0 Å².